The van der Waals surface area contributed by atoms with E-state index in [1.54, 1.807) is 16.2 Å². The number of aliphatic hydroxyl groups is 1. The minimum atomic E-state index is -1.15. The number of benzene rings is 2. The van der Waals surface area contributed by atoms with E-state index in [1.165, 1.54) is 0 Å². The molecule has 0 unspecified atom stereocenters. The molecule has 26 heavy (non-hydrogen) atoms. The normalized spacial score (nSPS) is 26.8. The van der Waals surface area contributed by atoms with Crippen LogP contribution in [-0.4, -0.2) is 29.0 Å². The molecule has 0 spiro atoms. The van der Waals surface area contributed by atoms with Crippen molar-refractivity contribution in [3.8, 4) is 10.4 Å². The fourth-order valence-corrected chi connectivity index (χ4v) is 5.78. The molecule has 1 aromatic heterocycles. The molecule has 1 N–H and O–H groups in total. The van der Waals surface area contributed by atoms with E-state index in [0.717, 1.165) is 26.4 Å². The van der Waals surface area contributed by atoms with Crippen LogP contribution < -0.4 is 0 Å². The summed E-state index contributed by atoms with van der Waals surface area (Å²) in [4.78, 5) is 16.1. The molecule has 5 rings (SSSR count). The molecule has 4 heteroatoms. The Morgan fingerprint density at radius 1 is 1.04 bits per heavy atom. The summed E-state index contributed by atoms with van der Waals surface area (Å²) in [5, 5.41) is 11.9. The molecule has 0 saturated carbocycles. The molecule has 0 bridgehead atoms. The molecule has 1 aliphatic heterocycles. The van der Waals surface area contributed by atoms with Crippen molar-refractivity contribution in [3.05, 3.63) is 82.7 Å². The Morgan fingerprint density at radius 3 is 2.58 bits per heavy atom. The molecular weight excluding hydrogens is 342 g/mol. The first kappa shape index (κ1) is 15.8. The van der Waals surface area contributed by atoms with Crippen LogP contribution in [0.2, 0.25) is 0 Å². The van der Waals surface area contributed by atoms with Gasteiger partial charge in [-0.25, -0.2) is 0 Å². The maximum Gasteiger partial charge on any atom is 0.223 e. The third-order valence-corrected chi connectivity index (χ3v) is 7.08. The molecule has 3 atom stereocenters. The SMILES string of the molecule is CN1C(=O)C[C@@H]2c3ccccc3[C@@](O)(c3ccc(-c4ccccc4)s3)[C@@H]21. The predicted molar refractivity (Wildman–Crippen MR) is 103 cm³/mol. The van der Waals surface area contributed by atoms with Crippen molar-refractivity contribution in [2.24, 2.45) is 0 Å². The summed E-state index contributed by atoms with van der Waals surface area (Å²) in [6.07, 6.45) is 0.470. The first-order chi connectivity index (χ1) is 12.6. The molecule has 1 aliphatic carbocycles. The molecule has 1 saturated heterocycles. The van der Waals surface area contributed by atoms with Crippen LogP contribution in [-0.2, 0) is 10.4 Å². The third kappa shape index (κ3) is 2.00. The van der Waals surface area contributed by atoms with Crippen LogP contribution in [0.25, 0.3) is 10.4 Å². The number of likely N-dealkylation sites (tertiary alicyclic amines) is 1. The lowest BCUT2D eigenvalue weighted by Crippen LogP contribution is -2.45. The number of likely N-dealkylation sites (N-methyl/N-ethyl adjacent to an activating group) is 1. The Bertz CT molecular complexity index is 996. The van der Waals surface area contributed by atoms with Crippen LogP contribution in [0, 0.1) is 0 Å². The zero-order valence-corrected chi connectivity index (χ0v) is 15.2. The number of rotatable bonds is 2. The first-order valence-corrected chi connectivity index (χ1v) is 9.65. The van der Waals surface area contributed by atoms with E-state index >= 15 is 0 Å². The zero-order chi connectivity index (χ0) is 17.9. The van der Waals surface area contributed by atoms with Crippen LogP contribution in [0.1, 0.15) is 28.3 Å². The van der Waals surface area contributed by atoms with E-state index in [9.17, 15) is 9.90 Å². The molecule has 3 aromatic rings. The van der Waals surface area contributed by atoms with Crippen LogP contribution in [0.4, 0.5) is 0 Å². The monoisotopic (exact) mass is 361 g/mol. The highest BCUT2D eigenvalue weighted by molar-refractivity contribution is 7.15. The molecule has 2 aromatic carbocycles. The molecule has 2 aliphatic rings. The second kappa shape index (κ2) is 5.53. The van der Waals surface area contributed by atoms with Crippen LogP contribution in [0.15, 0.2) is 66.7 Å². The quantitative estimate of drug-likeness (QED) is 0.750. The standard InChI is InChI=1S/C22H19NO2S/c1-23-20(24)13-16-15-9-5-6-10-17(15)22(25,21(16)23)19-12-11-18(26-19)14-7-3-2-4-8-14/h2-12,16,21,25H,13H2,1H3/t16-,21-,22-/m1/s1. The fraction of sp³-hybridized carbons (Fsp3) is 0.227. The smallest absolute Gasteiger partial charge is 0.223 e. The maximum atomic E-state index is 12.4. The zero-order valence-electron chi connectivity index (χ0n) is 14.4. The number of nitrogens with zero attached hydrogens (tertiary/aromatic N) is 1. The number of fused-ring (bicyclic) bond motifs is 3. The average Bonchev–Trinajstić information content (AvgIpc) is 3.34. The van der Waals surface area contributed by atoms with Gasteiger partial charge in [-0.15, -0.1) is 11.3 Å². The molecule has 1 amide bonds. The van der Waals surface area contributed by atoms with Gasteiger partial charge in [0.15, 0.2) is 0 Å². The topological polar surface area (TPSA) is 40.5 Å². The van der Waals surface area contributed by atoms with Gasteiger partial charge in [0.05, 0.1) is 6.04 Å². The van der Waals surface area contributed by atoms with Crippen molar-refractivity contribution in [2.75, 3.05) is 7.05 Å². The number of hydrogen-bond donors (Lipinski definition) is 1. The van der Waals surface area contributed by atoms with Gasteiger partial charge in [-0.3, -0.25) is 4.79 Å². The molecule has 0 radical (unpaired) electrons. The van der Waals surface area contributed by atoms with Gasteiger partial charge in [0.2, 0.25) is 5.91 Å². The van der Waals surface area contributed by atoms with E-state index < -0.39 is 5.60 Å². The first-order valence-electron chi connectivity index (χ1n) is 8.84. The van der Waals surface area contributed by atoms with Crippen LogP contribution in [0.5, 0.6) is 0 Å². The summed E-state index contributed by atoms with van der Waals surface area (Å²) in [7, 11) is 1.82. The average molecular weight is 361 g/mol. The van der Waals surface area contributed by atoms with Crippen LogP contribution >= 0.6 is 11.3 Å². The van der Waals surface area contributed by atoms with Gasteiger partial charge in [-0.2, -0.15) is 0 Å². The lowest BCUT2D eigenvalue weighted by Gasteiger charge is -2.34. The number of amides is 1. The molecule has 130 valence electrons. The van der Waals surface area contributed by atoms with Crippen LogP contribution in [0.3, 0.4) is 0 Å². The van der Waals surface area contributed by atoms with Crippen molar-refractivity contribution in [3.63, 3.8) is 0 Å². The lowest BCUT2D eigenvalue weighted by atomic mass is 9.89. The minimum absolute atomic E-state index is 0.0518. The van der Waals surface area contributed by atoms with Gasteiger partial charge >= 0.3 is 0 Å². The lowest BCUT2D eigenvalue weighted by molar-refractivity contribution is -0.130. The van der Waals surface area contributed by atoms with Crippen molar-refractivity contribution >= 4 is 17.2 Å². The Balaban J connectivity index is 1.67. The Kier molecular flexibility index (Phi) is 3.36. The third-order valence-electron chi connectivity index (χ3n) is 5.83. The highest BCUT2D eigenvalue weighted by Crippen LogP contribution is 2.56. The predicted octanol–water partition coefficient (Wildman–Crippen LogP) is 3.98. The van der Waals surface area contributed by atoms with Gasteiger partial charge < -0.3 is 10.0 Å². The Labute approximate surface area is 156 Å². The minimum Gasteiger partial charge on any atom is -0.377 e. The fourth-order valence-electron chi connectivity index (χ4n) is 4.63. The van der Waals surface area contributed by atoms with Gasteiger partial charge in [-0.1, -0.05) is 54.6 Å². The summed E-state index contributed by atoms with van der Waals surface area (Å²) in [6.45, 7) is 0. The summed E-state index contributed by atoms with van der Waals surface area (Å²) >= 11 is 1.61. The second-order valence-corrected chi connectivity index (χ2v) is 8.23. The summed E-state index contributed by atoms with van der Waals surface area (Å²) < 4.78 is 0. The summed E-state index contributed by atoms with van der Waals surface area (Å²) in [5.41, 5.74) is 2.04. The number of thiophene rings is 1. The van der Waals surface area contributed by atoms with Crippen molar-refractivity contribution in [1.82, 2.24) is 4.90 Å². The maximum absolute atomic E-state index is 12.4. The van der Waals surface area contributed by atoms with Crippen molar-refractivity contribution in [2.45, 2.75) is 24.0 Å². The van der Waals surface area contributed by atoms with Gasteiger partial charge in [0.1, 0.15) is 5.60 Å². The second-order valence-electron chi connectivity index (χ2n) is 7.14. The van der Waals surface area contributed by atoms with E-state index in [0.29, 0.717) is 6.42 Å². The molecule has 1 fully saturated rings. The van der Waals surface area contributed by atoms with E-state index in [1.807, 2.05) is 49.5 Å². The largest absolute Gasteiger partial charge is 0.377 e. The highest BCUT2D eigenvalue weighted by Gasteiger charge is 2.59. The molecule has 3 nitrogen and oxygen atoms in total. The number of carbonyl (C=O) groups is 1. The summed E-state index contributed by atoms with van der Waals surface area (Å²) in [5.74, 6) is 0.156. The number of carbonyl (C=O) groups excluding carboxylic acids is 1. The van der Waals surface area contributed by atoms with Gasteiger partial charge in [0.25, 0.3) is 0 Å². The molecule has 2 heterocycles. The summed E-state index contributed by atoms with van der Waals surface area (Å²) in [6, 6.07) is 22.1. The Hall–Kier alpha value is -2.43. The van der Waals surface area contributed by atoms with Crippen molar-refractivity contribution in [1.29, 1.82) is 0 Å². The van der Waals surface area contributed by atoms with Gasteiger partial charge in [-0.05, 0) is 28.8 Å². The van der Waals surface area contributed by atoms with Crippen molar-refractivity contribution < 1.29 is 9.90 Å². The molecular formula is C22H19NO2S. The Morgan fingerprint density at radius 2 is 1.77 bits per heavy atom. The number of hydrogen-bond acceptors (Lipinski definition) is 3. The van der Waals surface area contributed by atoms with E-state index in [2.05, 4.69) is 24.3 Å². The van der Waals surface area contributed by atoms with E-state index in [4.69, 9.17) is 0 Å². The van der Waals surface area contributed by atoms with Gasteiger partial charge in [0, 0.05) is 29.1 Å². The highest BCUT2D eigenvalue weighted by atomic mass is 32.1. The van der Waals surface area contributed by atoms with E-state index in [-0.39, 0.29) is 17.9 Å².